The Kier molecular flexibility index (Phi) is 3.65. The summed E-state index contributed by atoms with van der Waals surface area (Å²) in [4.78, 5) is 24.0. The summed E-state index contributed by atoms with van der Waals surface area (Å²) in [7, 11) is 0. The maximum absolute atomic E-state index is 12.3. The van der Waals surface area contributed by atoms with Crippen LogP contribution in [0.15, 0.2) is 41.2 Å². The number of Topliss-reactive ketones (excluding diaryl/α,β-unsaturated/α-hetero) is 1. The van der Waals surface area contributed by atoms with Crippen LogP contribution in [0.2, 0.25) is 0 Å². The van der Waals surface area contributed by atoms with Gasteiger partial charge in [-0.15, -0.1) is 0 Å². The molecule has 0 spiro atoms. The van der Waals surface area contributed by atoms with E-state index in [9.17, 15) is 9.59 Å². The van der Waals surface area contributed by atoms with E-state index in [4.69, 9.17) is 0 Å². The minimum Gasteiger partial charge on any atom is -0.305 e. The molecule has 0 bridgehead atoms. The van der Waals surface area contributed by atoms with Crippen LogP contribution >= 0.6 is 0 Å². The Balaban J connectivity index is 2.34. The zero-order valence-corrected chi connectivity index (χ0v) is 11.4. The van der Waals surface area contributed by atoms with Gasteiger partial charge in [-0.3, -0.25) is 9.59 Å². The van der Waals surface area contributed by atoms with Crippen molar-refractivity contribution in [2.24, 2.45) is 0 Å². The van der Waals surface area contributed by atoms with Gasteiger partial charge in [0.05, 0.1) is 6.54 Å². The first-order chi connectivity index (χ1) is 8.99. The molecule has 19 heavy (non-hydrogen) atoms. The number of nitrogens with zero attached hydrogens (tertiary/aromatic N) is 1. The number of carbonyl (C=O) groups is 1. The van der Waals surface area contributed by atoms with E-state index >= 15 is 0 Å². The summed E-state index contributed by atoms with van der Waals surface area (Å²) in [5.41, 5.74) is 3.42. The first-order valence-electron chi connectivity index (χ1n) is 6.26. The van der Waals surface area contributed by atoms with Crippen LogP contribution in [0, 0.1) is 20.8 Å². The molecule has 1 heterocycles. The monoisotopic (exact) mass is 255 g/mol. The first kappa shape index (κ1) is 13.3. The molecule has 98 valence electrons. The van der Waals surface area contributed by atoms with Gasteiger partial charge in [0.15, 0.2) is 5.78 Å². The highest BCUT2D eigenvalue weighted by molar-refractivity contribution is 5.97. The fraction of sp³-hybridized carbons (Fsp3) is 0.250. The summed E-state index contributed by atoms with van der Waals surface area (Å²) < 4.78 is 1.50. The quantitative estimate of drug-likeness (QED) is 0.791. The van der Waals surface area contributed by atoms with Gasteiger partial charge >= 0.3 is 0 Å². The maximum Gasteiger partial charge on any atom is 0.251 e. The minimum absolute atomic E-state index is 0.0334. The molecule has 1 aromatic heterocycles. The van der Waals surface area contributed by atoms with Crippen LogP contribution in [-0.4, -0.2) is 10.4 Å². The van der Waals surface area contributed by atoms with Crippen molar-refractivity contribution in [3.05, 3.63) is 69.1 Å². The minimum atomic E-state index is -0.141. The molecule has 0 unspecified atom stereocenters. The third-order valence-corrected chi connectivity index (χ3v) is 3.25. The Morgan fingerprint density at radius 2 is 1.84 bits per heavy atom. The largest absolute Gasteiger partial charge is 0.305 e. The van der Waals surface area contributed by atoms with Gasteiger partial charge in [0, 0.05) is 17.3 Å². The van der Waals surface area contributed by atoms with E-state index in [0.717, 1.165) is 16.8 Å². The van der Waals surface area contributed by atoms with E-state index < -0.39 is 0 Å². The van der Waals surface area contributed by atoms with Gasteiger partial charge in [-0.25, -0.2) is 0 Å². The number of benzene rings is 1. The van der Waals surface area contributed by atoms with Gasteiger partial charge in [-0.2, -0.15) is 0 Å². The molecule has 0 saturated heterocycles. The van der Waals surface area contributed by atoms with Crippen molar-refractivity contribution in [1.29, 1.82) is 0 Å². The van der Waals surface area contributed by atoms with Gasteiger partial charge in [-0.1, -0.05) is 29.8 Å². The van der Waals surface area contributed by atoms with Crippen LogP contribution in [0.25, 0.3) is 0 Å². The predicted molar refractivity (Wildman–Crippen MR) is 75.7 cm³/mol. The maximum atomic E-state index is 12.3. The fourth-order valence-electron chi connectivity index (χ4n) is 2.18. The van der Waals surface area contributed by atoms with Gasteiger partial charge < -0.3 is 4.57 Å². The van der Waals surface area contributed by atoms with Crippen LogP contribution in [0.5, 0.6) is 0 Å². The second-order valence-corrected chi connectivity index (χ2v) is 4.83. The molecule has 0 radical (unpaired) electrons. The molecule has 1 aromatic carbocycles. The highest BCUT2D eigenvalue weighted by Crippen LogP contribution is 2.12. The molecule has 0 aliphatic rings. The Labute approximate surface area is 112 Å². The van der Waals surface area contributed by atoms with E-state index in [1.54, 1.807) is 6.07 Å². The lowest BCUT2D eigenvalue weighted by atomic mass is 10.0. The molecule has 0 N–H and O–H groups in total. The van der Waals surface area contributed by atoms with Gasteiger partial charge in [0.1, 0.15) is 0 Å². The number of hydrogen-bond acceptors (Lipinski definition) is 2. The van der Waals surface area contributed by atoms with Crippen molar-refractivity contribution in [3.63, 3.8) is 0 Å². The SMILES string of the molecule is Cc1ccc(C(=O)Cn2c(C)cccc2=O)c(C)c1. The number of hydrogen-bond donors (Lipinski definition) is 0. The summed E-state index contributed by atoms with van der Waals surface area (Å²) in [6, 6.07) is 10.7. The highest BCUT2D eigenvalue weighted by atomic mass is 16.1. The Hall–Kier alpha value is -2.16. The van der Waals surface area contributed by atoms with E-state index in [1.165, 1.54) is 10.6 Å². The van der Waals surface area contributed by atoms with Crippen molar-refractivity contribution >= 4 is 5.78 Å². The highest BCUT2D eigenvalue weighted by Gasteiger charge is 2.11. The average Bonchev–Trinajstić information content (AvgIpc) is 2.33. The van der Waals surface area contributed by atoms with Gasteiger partial charge in [-0.05, 0) is 32.4 Å². The number of rotatable bonds is 3. The fourth-order valence-corrected chi connectivity index (χ4v) is 2.18. The molecule has 2 rings (SSSR count). The van der Waals surface area contributed by atoms with Crippen LogP contribution in [0.1, 0.15) is 27.2 Å². The Morgan fingerprint density at radius 3 is 2.47 bits per heavy atom. The molecule has 0 atom stereocenters. The number of aromatic nitrogens is 1. The van der Waals surface area contributed by atoms with Crippen LogP contribution < -0.4 is 5.56 Å². The third-order valence-electron chi connectivity index (χ3n) is 3.25. The number of pyridine rings is 1. The Bertz CT molecular complexity index is 683. The number of carbonyl (C=O) groups excluding carboxylic acids is 1. The predicted octanol–water partition coefficient (Wildman–Crippen LogP) is 2.66. The van der Waals surface area contributed by atoms with Crippen molar-refractivity contribution < 1.29 is 4.79 Å². The standard InChI is InChI=1S/C16H17NO2/c1-11-7-8-14(12(2)9-11)15(18)10-17-13(3)5-4-6-16(17)19/h4-9H,10H2,1-3H3. The van der Waals surface area contributed by atoms with E-state index in [-0.39, 0.29) is 17.9 Å². The zero-order valence-electron chi connectivity index (χ0n) is 11.4. The van der Waals surface area contributed by atoms with E-state index in [0.29, 0.717) is 5.56 Å². The van der Waals surface area contributed by atoms with Crippen molar-refractivity contribution in [2.75, 3.05) is 0 Å². The average molecular weight is 255 g/mol. The molecule has 0 amide bonds. The molecule has 3 nitrogen and oxygen atoms in total. The molecular formula is C16H17NO2. The molecular weight excluding hydrogens is 238 g/mol. The van der Waals surface area contributed by atoms with Crippen LogP contribution in [0.4, 0.5) is 0 Å². The summed E-state index contributed by atoms with van der Waals surface area (Å²) in [5, 5.41) is 0. The molecule has 3 heteroatoms. The van der Waals surface area contributed by atoms with Crippen LogP contribution in [0.3, 0.4) is 0 Å². The molecule has 0 aliphatic heterocycles. The van der Waals surface area contributed by atoms with Crippen molar-refractivity contribution in [2.45, 2.75) is 27.3 Å². The van der Waals surface area contributed by atoms with Gasteiger partial charge in [0.25, 0.3) is 5.56 Å². The molecule has 0 saturated carbocycles. The normalized spacial score (nSPS) is 10.5. The van der Waals surface area contributed by atoms with E-state index in [1.807, 2.05) is 45.0 Å². The molecule has 0 aliphatic carbocycles. The molecule has 2 aromatic rings. The Morgan fingerprint density at radius 1 is 1.11 bits per heavy atom. The summed E-state index contributed by atoms with van der Waals surface area (Å²) in [6.07, 6.45) is 0. The number of aryl methyl sites for hydroxylation is 3. The molecule has 0 fully saturated rings. The lowest BCUT2D eigenvalue weighted by Gasteiger charge is -2.10. The lowest BCUT2D eigenvalue weighted by Crippen LogP contribution is -2.25. The number of ketones is 1. The summed E-state index contributed by atoms with van der Waals surface area (Å²) in [5.74, 6) is -0.0334. The summed E-state index contributed by atoms with van der Waals surface area (Å²) in [6.45, 7) is 5.83. The topological polar surface area (TPSA) is 39.1 Å². The lowest BCUT2D eigenvalue weighted by molar-refractivity contribution is 0.0969. The summed E-state index contributed by atoms with van der Waals surface area (Å²) >= 11 is 0. The smallest absolute Gasteiger partial charge is 0.251 e. The van der Waals surface area contributed by atoms with Crippen LogP contribution in [-0.2, 0) is 6.54 Å². The van der Waals surface area contributed by atoms with Crippen molar-refractivity contribution in [3.8, 4) is 0 Å². The second kappa shape index (κ2) is 5.22. The van der Waals surface area contributed by atoms with Crippen molar-refractivity contribution in [1.82, 2.24) is 4.57 Å². The first-order valence-corrected chi connectivity index (χ1v) is 6.26. The van der Waals surface area contributed by atoms with Gasteiger partial charge in [0.2, 0.25) is 0 Å². The van der Waals surface area contributed by atoms with E-state index in [2.05, 4.69) is 0 Å². The third kappa shape index (κ3) is 2.81. The zero-order chi connectivity index (χ0) is 14.0. The second-order valence-electron chi connectivity index (χ2n) is 4.83.